The number of nitrogens with zero attached hydrogens (tertiary/aromatic N) is 4. The summed E-state index contributed by atoms with van der Waals surface area (Å²) in [5.41, 5.74) is 1.85. The number of halogens is 1. The molecule has 1 aromatic heterocycles. The summed E-state index contributed by atoms with van der Waals surface area (Å²) in [7, 11) is 1.52. The summed E-state index contributed by atoms with van der Waals surface area (Å²) in [6.45, 7) is -0.195. The Morgan fingerprint density at radius 1 is 1.05 bits per heavy atom. The van der Waals surface area contributed by atoms with E-state index in [-0.39, 0.29) is 18.2 Å². The van der Waals surface area contributed by atoms with Gasteiger partial charge in [-0.2, -0.15) is 0 Å². The zero-order chi connectivity index (χ0) is 26.5. The van der Waals surface area contributed by atoms with Gasteiger partial charge in [0.25, 0.3) is 0 Å². The SMILES string of the molecule is COc1cccc(N(C(=O)Cn2nnc3ccccc32)C(C(=O)NC2CCCCC2)c2ccccc2F)c1. The van der Waals surface area contributed by atoms with Crippen molar-refractivity contribution < 1.29 is 18.7 Å². The molecule has 38 heavy (non-hydrogen) atoms. The van der Waals surface area contributed by atoms with Crippen LogP contribution in [0.4, 0.5) is 10.1 Å². The predicted molar refractivity (Wildman–Crippen MR) is 142 cm³/mol. The Kier molecular flexibility index (Phi) is 7.62. The van der Waals surface area contributed by atoms with Gasteiger partial charge in [-0.25, -0.2) is 9.07 Å². The summed E-state index contributed by atoms with van der Waals surface area (Å²) in [5, 5.41) is 11.4. The summed E-state index contributed by atoms with van der Waals surface area (Å²) in [6, 6.07) is 19.0. The van der Waals surface area contributed by atoms with Crippen LogP contribution >= 0.6 is 0 Å². The number of methoxy groups -OCH3 is 1. The van der Waals surface area contributed by atoms with E-state index in [1.54, 1.807) is 42.5 Å². The molecule has 0 aliphatic heterocycles. The van der Waals surface area contributed by atoms with Crippen molar-refractivity contribution in [2.24, 2.45) is 0 Å². The Morgan fingerprint density at radius 2 is 1.82 bits per heavy atom. The lowest BCUT2D eigenvalue weighted by Gasteiger charge is -2.33. The molecule has 4 aromatic rings. The fourth-order valence-corrected chi connectivity index (χ4v) is 5.06. The quantitative estimate of drug-likeness (QED) is 0.364. The Labute approximate surface area is 220 Å². The second kappa shape index (κ2) is 11.4. The third-order valence-electron chi connectivity index (χ3n) is 6.96. The van der Waals surface area contributed by atoms with Crippen LogP contribution in [0.3, 0.4) is 0 Å². The van der Waals surface area contributed by atoms with Crippen molar-refractivity contribution in [1.82, 2.24) is 20.3 Å². The van der Waals surface area contributed by atoms with E-state index in [9.17, 15) is 9.59 Å². The first-order chi connectivity index (χ1) is 18.5. The number of hydrogen-bond acceptors (Lipinski definition) is 5. The van der Waals surface area contributed by atoms with Crippen LogP contribution in [0.1, 0.15) is 43.7 Å². The zero-order valence-electron chi connectivity index (χ0n) is 21.2. The molecule has 0 bridgehead atoms. The molecule has 1 heterocycles. The van der Waals surface area contributed by atoms with Crippen molar-refractivity contribution in [3.8, 4) is 5.75 Å². The van der Waals surface area contributed by atoms with Crippen LogP contribution in [-0.4, -0.2) is 40.0 Å². The van der Waals surface area contributed by atoms with Crippen LogP contribution in [0.5, 0.6) is 5.75 Å². The number of carbonyl (C=O) groups excluding carboxylic acids is 2. The summed E-state index contributed by atoms with van der Waals surface area (Å²) in [5.74, 6) is -0.933. The maximum absolute atomic E-state index is 15.3. The highest BCUT2D eigenvalue weighted by molar-refractivity contribution is 6.01. The molecule has 1 N–H and O–H groups in total. The van der Waals surface area contributed by atoms with Crippen LogP contribution < -0.4 is 15.0 Å². The Balaban J connectivity index is 1.59. The van der Waals surface area contributed by atoms with Gasteiger partial charge in [0.1, 0.15) is 29.7 Å². The second-order valence-corrected chi connectivity index (χ2v) is 9.47. The zero-order valence-corrected chi connectivity index (χ0v) is 21.2. The first-order valence-electron chi connectivity index (χ1n) is 12.8. The summed E-state index contributed by atoms with van der Waals surface area (Å²) in [4.78, 5) is 29.3. The van der Waals surface area contributed by atoms with E-state index in [1.165, 1.54) is 22.8 Å². The Hall–Kier alpha value is -4.27. The number of para-hydroxylation sites is 1. The summed E-state index contributed by atoms with van der Waals surface area (Å²) < 4.78 is 22.2. The topological polar surface area (TPSA) is 89.3 Å². The molecule has 0 spiro atoms. The molecule has 1 fully saturated rings. The van der Waals surface area contributed by atoms with Gasteiger partial charge in [0.2, 0.25) is 11.8 Å². The van der Waals surface area contributed by atoms with Gasteiger partial charge in [-0.15, -0.1) is 5.10 Å². The molecule has 0 saturated heterocycles. The molecule has 1 saturated carbocycles. The maximum Gasteiger partial charge on any atom is 0.249 e. The minimum Gasteiger partial charge on any atom is -0.497 e. The van der Waals surface area contributed by atoms with Crippen LogP contribution in [0.2, 0.25) is 0 Å². The average molecular weight is 516 g/mol. The van der Waals surface area contributed by atoms with Gasteiger partial charge in [0.15, 0.2) is 0 Å². The average Bonchev–Trinajstić information content (AvgIpc) is 3.35. The molecule has 1 aliphatic rings. The lowest BCUT2D eigenvalue weighted by Crippen LogP contribution is -2.48. The molecular formula is C29H30FN5O3. The smallest absolute Gasteiger partial charge is 0.249 e. The van der Waals surface area contributed by atoms with Crippen molar-refractivity contribution in [2.75, 3.05) is 12.0 Å². The van der Waals surface area contributed by atoms with E-state index in [0.29, 0.717) is 22.5 Å². The number of hydrogen-bond donors (Lipinski definition) is 1. The van der Waals surface area contributed by atoms with E-state index in [2.05, 4.69) is 15.6 Å². The molecule has 196 valence electrons. The Bertz CT molecular complexity index is 1430. The number of nitrogens with one attached hydrogen (secondary N) is 1. The number of aromatic nitrogens is 3. The molecule has 1 aliphatic carbocycles. The minimum absolute atomic E-state index is 0.0213. The van der Waals surface area contributed by atoms with Gasteiger partial charge in [0, 0.05) is 23.4 Å². The molecule has 3 aromatic carbocycles. The summed E-state index contributed by atoms with van der Waals surface area (Å²) in [6.07, 6.45) is 4.88. The highest BCUT2D eigenvalue weighted by Gasteiger charge is 2.36. The molecule has 2 amide bonds. The number of carbonyl (C=O) groups is 2. The molecule has 1 unspecified atom stereocenters. The lowest BCUT2D eigenvalue weighted by atomic mass is 9.94. The number of amides is 2. The van der Waals surface area contributed by atoms with Gasteiger partial charge in [0.05, 0.1) is 12.6 Å². The minimum atomic E-state index is -1.24. The molecule has 1 atom stereocenters. The highest BCUT2D eigenvalue weighted by Crippen LogP contribution is 2.33. The monoisotopic (exact) mass is 515 g/mol. The molecule has 0 radical (unpaired) electrons. The molecule has 5 rings (SSSR count). The third kappa shape index (κ3) is 5.37. The van der Waals surface area contributed by atoms with Crippen molar-refractivity contribution >= 4 is 28.5 Å². The van der Waals surface area contributed by atoms with Gasteiger partial charge in [-0.1, -0.05) is 60.9 Å². The van der Waals surface area contributed by atoms with E-state index in [0.717, 1.165) is 32.1 Å². The van der Waals surface area contributed by atoms with Gasteiger partial charge >= 0.3 is 0 Å². The van der Waals surface area contributed by atoms with Crippen molar-refractivity contribution in [2.45, 2.75) is 50.7 Å². The van der Waals surface area contributed by atoms with Gasteiger partial charge < -0.3 is 10.1 Å². The Morgan fingerprint density at radius 3 is 2.61 bits per heavy atom. The largest absolute Gasteiger partial charge is 0.497 e. The van der Waals surface area contributed by atoms with Crippen molar-refractivity contribution in [3.63, 3.8) is 0 Å². The van der Waals surface area contributed by atoms with Crippen LogP contribution in [-0.2, 0) is 16.1 Å². The van der Waals surface area contributed by atoms with Crippen LogP contribution in [0.25, 0.3) is 11.0 Å². The number of anilines is 1. The normalized spacial score (nSPS) is 14.7. The predicted octanol–water partition coefficient (Wildman–Crippen LogP) is 4.80. The fraction of sp³-hybridized carbons (Fsp3) is 0.310. The second-order valence-electron chi connectivity index (χ2n) is 9.47. The van der Waals surface area contributed by atoms with Gasteiger partial charge in [-0.3, -0.25) is 14.5 Å². The van der Waals surface area contributed by atoms with Crippen molar-refractivity contribution in [3.05, 3.63) is 84.2 Å². The van der Waals surface area contributed by atoms with E-state index in [1.807, 2.05) is 24.3 Å². The van der Waals surface area contributed by atoms with Crippen LogP contribution in [0, 0.1) is 5.82 Å². The maximum atomic E-state index is 15.3. The number of benzene rings is 3. The first kappa shape index (κ1) is 25.4. The number of fused-ring (bicyclic) bond motifs is 1. The molecule has 9 heteroatoms. The molecule has 8 nitrogen and oxygen atoms in total. The highest BCUT2D eigenvalue weighted by atomic mass is 19.1. The lowest BCUT2D eigenvalue weighted by molar-refractivity contribution is -0.127. The van der Waals surface area contributed by atoms with E-state index >= 15 is 4.39 Å². The summed E-state index contributed by atoms with van der Waals surface area (Å²) >= 11 is 0. The van der Waals surface area contributed by atoms with E-state index in [4.69, 9.17) is 4.74 Å². The number of rotatable bonds is 8. The van der Waals surface area contributed by atoms with Gasteiger partial charge in [-0.05, 0) is 43.2 Å². The van der Waals surface area contributed by atoms with Crippen molar-refractivity contribution in [1.29, 1.82) is 0 Å². The first-order valence-corrected chi connectivity index (χ1v) is 12.8. The van der Waals surface area contributed by atoms with E-state index < -0.39 is 23.7 Å². The fourth-order valence-electron chi connectivity index (χ4n) is 5.06. The third-order valence-corrected chi connectivity index (χ3v) is 6.96. The standard InChI is InChI=1S/C29H30FN5O3/c1-38-22-13-9-12-21(18-22)35(27(36)19-34-26-17-8-7-16-25(26)32-33-34)28(23-14-5-6-15-24(23)30)29(37)31-20-10-3-2-4-11-20/h5-9,12-18,20,28H,2-4,10-11,19H2,1H3,(H,31,37). The number of ether oxygens (including phenoxy) is 1. The van der Waals surface area contributed by atoms with Crippen LogP contribution in [0.15, 0.2) is 72.8 Å². The molecular weight excluding hydrogens is 485 g/mol.